The number of rotatable bonds is 8. The quantitative estimate of drug-likeness (QED) is 0.148. The van der Waals surface area contributed by atoms with Gasteiger partial charge in [-0.15, -0.1) is 0 Å². The van der Waals surface area contributed by atoms with Gasteiger partial charge in [-0.25, -0.2) is 0 Å². The molecule has 326 valence electrons. The molecular weight excluding hydrogens is 833 g/mol. The maximum absolute atomic E-state index is 2.42. The van der Waals surface area contributed by atoms with Gasteiger partial charge < -0.3 is 9.47 Å². The molecule has 0 unspecified atom stereocenters. The zero-order chi connectivity index (χ0) is 46.1. The number of hydrogen-bond donors (Lipinski definition) is 0. The van der Waals surface area contributed by atoms with Crippen LogP contribution in [0.2, 0.25) is 0 Å². The summed E-state index contributed by atoms with van der Waals surface area (Å²) >= 11 is 0. The fourth-order valence-electron chi connectivity index (χ4n) is 11.3. The minimum absolute atomic E-state index is 0.100. The third-order valence-corrected chi connectivity index (χ3v) is 14.6. The van der Waals surface area contributed by atoms with Gasteiger partial charge in [-0.05, 0) is 139 Å². The molecule has 0 fully saturated rings. The summed E-state index contributed by atoms with van der Waals surface area (Å²) in [7, 11) is 0. The van der Waals surface area contributed by atoms with Crippen LogP contribution in [0, 0.1) is 0 Å². The lowest BCUT2D eigenvalue weighted by Crippen LogP contribution is -2.16. The summed E-state index contributed by atoms with van der Waals surface area (Å²) in [6.45, 7) is 4.73. The Morgan fingerprint density at radius 3 is 1.48 bits per heavy atom. The van der Waals surface area contributed by atoms with Crippen molar-refractivity contribution in [3.8, 4) is 61.3 Å². The SMILES string of the molecule is CC1(C)c2ccccc2-c2cccc(-c3ccc(N(c4ccc(-c5cccc(-c6ccccc6-n6c7ccccc7c7ccccc76)c5)cc4)c4ccc(-c5ccc6ccccc6c5)cc4)cc3)c21. The van der Waals surface area contributed by atoms with Gasteiger partial charge >= 0.3 is 0 Å². The van der Waals surface area contributed by atoms with E-state index in [2.05, 4.69) is 278 Å². The van der Waals surface area contributed by atoms with Crippen LogP contribution in [0.15, 0.2) is 255 Å². The molecule has 0 atom stereocenters. The van der Waals surface area contributed by atoms with E-state index in [1.54, 1.807) is 0 Å². The van der Waals surface area contributed by atoms with E-state index in [1.165, 1.54) is 105 Å². The molecule has 69 heavy (non-hydrogen) atoms. The Morgan fingerprint density at radius 1 is 0.319 bits per heavy atom. The van der Waals surface area contributed by atoms with E-state index in [4.69, 9.17) is 0 Å². The molecule has 2 nitrogen and oxygen atoms in total. The van der Waals surface area contributed by atoms with Gasteiger partial charge in [-0.2, -0.15) is 0 Å². The zero-order valence-corrected chi connectivity index (χ0v) is 38.6. The number of benzene rings is 11. The standard InChI is InChI=1S/C67H48N2/c1-67(2)62-25-9-5-20-58(62)61-24-14-23-57(66(61)67)48-35-41-55(42-36-48)68(54-39-33-47(34-40-54)51-30-29-45-15-3-4-16-49(45)43-51)53-37-31-46(32-38-53)50-17-13-18-52(44-50)56-19-6-10-26-63(56)69-64-27-11-7-21-59(64)60-22-8-12-28-65(60)69/h3-44H,1-2H3. The molecule has 12 aromatic rings. The topological polar surface area (TPSA) is 8.17 Å². The van der Waals surface area contributed by atoms with Gasteiger partial charge in [-0.1, -0.05) is 202 Å². The van der Waals surface area contributed by atoms with Gasteiger partial charge in [-0.3, -0.25) is 0 Å². The van der Waals surface area contributed by atoms with Crippen molar-refractivity contribution in [1.82, 2.24) is 4.57 Å². The van der Waals surface area contributed by atoms with Gasteiger partial charge in [0.15, 0.2) is 0 Å². The molecular formula is C67H48N2. The summed E-state index contributed by atoms with van der Waals surface area (Å²) in [4.78, 5) is 2.38. The smallest absolute Gasteiger partial charge is 0.0541 e. The summed E-state index contributed by atoms with van der Waals surface area (Å²) in [5.41, 5.74) is 21.9. The molecule has 1 aliphatic carbocycles. The fourth-order valence-corrected chi connectivity index (χ4v) is 11.3. The van der Waals surface area contributed by atoms with Crippen LogP contribution in [0.3, 0.4) is 0 Å². The molecule has 0 aliphatic heterocycles. The van der Waals surface area contributed by atoms with Crippen molar-refractivity contribution in [1.29, 1.82) is 0 Å². The number of fused-ring (bicyclic) bond motifs is 7. The van der Waals surface area contributed by atoms with Crippen LogP contribution in [0.4, 0.5) is 17.1 Å². The molecule has 0 bridgehead atoms. The van der Waals surface area contributed by atoms with Crippen LogP contribution >= 0.6 is 0 Å². The van der Waals surface area contributed by atoms with Crippen molar-refractivity contribution < 1.29 is 0 Å². The first kappa shape index (κ1) is 40.5. The molecule has 0 saturated heterocycles. The second-order valence-corrected chi connectivity index (χ2v) is 18.9. The highest BCUT2D eigenvalue weighted by Crippen LogP contribution is 2.52. The minimum Gasteiger partial charge on any atom is -0.311 e. The Bertz CT molecular complexity index is 3860. The van der Waals surface area contributed by atoms with Crippen molar-refractivity contribution in [3.63, 3.8) is 0 Å². The first-order valence-electron chi connectivity index (χ1n) is 24.0. The lowest BCUT2D eigenvalue weighted by atomic mass is 9.79. The van der Waals surface area contributed by atoms with E-state index < -0.39 is 0 Å². The van der Waals surface area contributed by atoms with Gasteiger partial charge in [0, 0.05) is 38.8 Å². The molecule has 1 heterocycles. The van der Waals surface area contributed by atoms with E-state index in [9.17, 15) is 0 Å². The molecule has 13 rings (SSSR count). The van der Waals surface area contributed by atoms with E-state index in [0.29, 0.717) is 0 Å². The van der Waals surface area contributed by atoms with Gasteiger partial charge in [0.2, 0.25) is 0 Å². The highest BCUT2D eigenvalue weighted by atomic mass is 15.1. The predicted molar refractivity (Wildman–Crippen MR) is 292 cm³/mol. The summed E-state index contributed by atoms with van der Waals surface area (Å²) in [6, 6.07) is 93.5. The Labute approximate surface area is 403 Å². The summed E-state index contributed by atoms with van der Waals surface area (Å²) in [5.74, 6) is 0. The van der Waals surface area contributed by atoms with Crippen molar-refractivity contribution in [2.75, 3.05) is 4.90 Å². The van der Waals surface area contributed by atoms with Gasteiger partial charge in [0.05, 0.1) is 16.7 Å². The normalized spacial score (nSPS) is 12.6. The molecule has 0 spiro atoms. The van der Waals surface area contributed by atoms with Crippen LogP contribution in [0.5, 0.6) is 0 Å². The highest BCUT2D eigenvalue weighted by molar-refractivity contribution is 6.09. The Hall–Kier alpha value is -8.72. The molecule has 11 aromatic carbocycles. The second-order valence-electron chi connectivity index (χ2n) is 18.9. The first-order chi connectivity index (χ1) is 34.0. The van der Waals surface area contributed by atoms with Crippen molar-refractivity contribution >= 4 is 49.6 Å². The third-order valence-electron chi connectivity index (χ3n) is 14.6. The van der Waals surface area contributed by atoms with Gasteiger partial charge in [0.1, 0.15) is 0 Å². The number of aromatic nitrogens is 1. The number of hydrogen-bond acceptors (Lipinski definition) is 1. The Morgan fingerprint density at radius 2 is 0.797 bits per heavy atom. The predicted octanol–water partition coefficient (Wildman–Crippen LogP) is 18.4. The Kier molecular flexibility index (Phi) is 9.55. The summed E-state index contributed by atoms with van der Waals surface area (Å²) in [5, 5.41) is 5.02. The molecule has 1 aromatic heterocycles. The largest absolute Gasteiger partial charge is 0.311 e. The summed E-state index contributed by atoms with van der Waals surface area (Å²) < 4.78 is 2.42. The van der Waals surface area contributed by atoms with E-state index in [0.717, 1.165) is 17.1 Å². The van der Waals surface area contributed by atoms with E-state index in [1.807, 2.05) is 0 Å². The second kappa shape index (κ2) is 16.3. The van der Waals surface area contributed by atoms with Crippen LogP contribution in [-0.2, 0) is 5.41 Å². The molecule has 0 radical (unpaired) electrons. The van der Waals surface area contributed by atoms with Crippen LogP contribution in [-0.4, -0.2) is 4.57 Å². The lowest BCUT2D eigenvalue weighted by molar-refractivity contribution is 0.662. The molecule has 0 N–H and O–H groups in total. The number of nitrogens with zero attached hydrogens (tertiary/aromatic N) is 2. The van der Waals surface area contributed by atoms with Crippen molar-refractivity contribution in [2.45, 2.75) is 19.3 Å². The monoisotopic (exact) mass is 880 g/mol. The van der Waals surface area contributed by atoms with Crippen LogP contribution in [0.25, 0.3) is 93.9 Å². The Balaban J connectivity index is 0.871. The van der Waals surface area contributed by atoms with Crippen molar-refractivity contribution in [2.24, 2.45) is 0 Å². The van der Waals surface area contributed by atoms with E-state index in [-0.39, 0.29) is 5.41 Å². The van der Waals surface area contributed by atoms with Crippen LogP contribution < -0.4 is 4.90 Å². The first-order valence-corrected chi connectivity index (χ1v) is 24.0. The average Bonchev–Trinajstić information content (AvgIpc) is 3.87. The average molecular weight is 881 g/mol. The molecule has 0 amide bonds. The molecule has 1 aliphatic rings. The highest BCUT2D eigenvalue weighted by Gasteiger charge is 2.37. The van der Waals surface area contributed by atoms with Gasteiger partial charge in [0.25, 0.3) is 0 Å². The lowest BCUT2D eigenvalue weighted by Gasteiger charge is -2.27. The third kappa shape index (κ3) is 6.79. The van der Waals surface area contributed by atoms with E-state index >= 15 is 0 Å². The molecule has 0 saturated carbocycles. The number of para-hydroxylation sites is 3. The maximum Gasteiger partial charge on any atom is 0.0541 e. The minimum atomic E-state index is -0.100. The number of anilines is 3. The van der Waals surface area contributed by atoms with Crippen LogP contribution in [0.1, 0.15) is 25.0 Å². The summed E-state index contributed by atoms with van der Waals surface area (Å²) in [6.07, 6.45) is 0. The maximum atomic E-state index is 2.42. The fraction of sp³-hybridized carbons (Fsp3) is 0.0448. The zero-order valence-electron chi connectivity index (χ0n) is 38.6. The van der Waals surface area contributed by atoms with Crippen molar-refractivity contribution in [3.05, 3.63) is 266 Å². The molecule has 2 heteroatoms.